The molecule has 1 rings (SSSR count). The Bertz CT molecular complexity index is 572. The number of hydrogen-bond acceptors (Lipinski definition) is 4. The molecule has 7 heteroatoms. The summed E-state index contributed by atoms with van der Waals surface area (Å²) >= 11 is 0. The predicted molar refractivity (Wildman–Crippen MR) is 85.9 cm³/mol. The molecule has 0 aliphatic carbocycles. The Morgan fingerprint density at radius 1 is 1.26 bits per heavy atom. The minimum atomic E-state index is -0.959. The molecule has 2 amide bonds. The number of carbonyl (C=O) groups excluding carboxylic acids is 1. The molecular weight excluding hydrogens is 300 g/mol. The number of aliphatic carboxylic acids is 1. The molecule has 0 aromatic heterocycles. The maximum Gasteiger partial charge on any atom is 0.315 e. The van der Waals surface area contributed by atoms with E-state index in [4.69, 9.17) is 14.6 Å². The van der Waals surface area contributed by atoms with E-state index in [2.05, 4.69) is 17.2 Å². The number of methoxy groups -OCH3 is 2. The van der Waals surface area contributed by atoms with E-state index >= 15 is 0 Å². The molecule has 0 saturated carbocycles. The maximum absolute atomic E-state index is 11.6. The number of carbonyl (C=O) groups is 2. The number of ether oxygens (including phenoxy) is 2. The Balaban J connectivity index is 2.72. The fourth-order valence-corrected chi connectivity index (χ4v) is 2.04. The molecule has 0 atom stereocenters. The second-order valence-corrected chi connectivity index (χ2v) is 4.74. The molecule has 0 saturated heterocycles. The number of carboxylic acid groups (broad SMARTS) is 1. The number of allylic oxidation sites excluding steroid dienone is 1. The zero-order valence-electron chi connectivity index (χ0n) is 13.3. The van der Waals surface area contributed by atoms with Crippen molar-refractivity contribution >= 4 is 12.0 Å². The van der Waals surface area contributed by atoms with Gasteiger partial charge in [0.1, 0.15) is 0 Å². The zero-order valence-corrected chi connectivity index (χ0v) is 13.3. The average molecular weight is 322 g/mol. The quantitative estimate of drug-likeness (QED) is 0.601. The summed E-state index contributed by atoms with van der Waals surface area (Å²) in [5.41, 5.74) is 1.75. The molecular formula is C16H22N2O5. The second-order valence-electron chi connectivity index (χ2n) is 4.74. The van der Waals surface area contributed by atoms with E-state index in [9.17, 15) is 9.59 Å². The molecule has 0 aliphatic heterocycles. The lowest BCUT2D eigenvalue weighted by molar-refractivity contribution is -0.136. The predicted octanol–water partition coefficient (Wildman–Crippen LogP) is 1.71. The standard InChI is InChI=1S/C16H22N2O5/c1-4-5-12-8-11(9-13(22-2)15(12)23-3)10-18-16(21)17-7-6-14(19)20/h4,8-9H,1,5-7,10H2,2-3H3,(H,19,20)(H2,17,18,21). The summed E-state index contributed by atoms with van der Waals surface area (Å²) in [7, 11) is 3.11. The highest BCUT2D eigenvalue weighted by Gasteiger charge is 2.12. The Hall–Kier alpha value is -2.70. The summed E-state index contributed by atoms with van der Waals surface area (Å²) < 4.78 is 10.7. The first-order valence-corrected chi connectivity index (χ1v) is 7.10. The fraction of sp³-hybridized carbons (Fsp3) is 0.375. The van der Waals surface area contributed by atoms with Crippen molar-refractivity contribution < 1.29 is 24.2 Å². The van der Waals surface area contributed by atoms with Crippen molar-refractivity contribution in [3.05, 3.63) is 35.9 Å². The van der Waals surface area contributed by atoms with Gasteiger partial charge in [-0.25, -0.2) is 4.79 Å². The lowest BCUT2D eigenvalue weighted by Crippen LogP contribution is -2.36. The van der Waals surface area contributed by atoms with Gasteiger partial charge in [-0.1, -0.05) is 6.08 Å². The molecule has 7 nitrogen and oxygen atoms in total. The Morgan fingerprint density at radius 2 is 2.00 bits per heavy atom. The van der Waals surface area contributed by atoms with Gasteiger partial charge in [0.05, 0.1) is 20.6 Å². The first-order chi connectivity index (χ1) is 11.0. The number of nitrogens with one attached hydrogen (secondary N) is 2. The average Bonchev–Trinajstić information content (AvgIpc) is 2.52. The van der Waals surface area contributed by atoms with Gasteiger partial charge in [0, 0.05) is 18.7 Å². The smallest absolute Gasteiger partial charge is 0.315 e. The van der Waals surface area contributed by atoms with Crippen LogP contribution in [0.1, 0.15) is 17.5 Å². The molecule has 1 aromatic rings. The van der Waals surface area contributed by atoms with E-state index in [0.717, 1.165) is 11.1 Å². The number of benzene rings is 1. The molecule has 0 bridgehead atoms. The molecule has 0 radical (unpaired) electrons. The van der Waals surface area contributed by atoms with Crippen molar-refractivity contribution in [2.75, 3.05) is 20.8 Å². The maximum atomic E-state index is 11.6. The Kier molecular flexibility index (Phi) is 7.45. The number of hydrogen-bond donors (Lipinski definition) is 3. The second kappa shape index (κ2) is 9.34. The van der Waals surface area contributed by atoms with E-state index in [-0.39, 0.29) is 19.5 Å². The summed E-state index contributed by atoms with van der Waals surface area (Å²) in [5.74, 6) is 0.260. The number of carboxylic acids is 1. The largest absolute Gasteiger partial charge is 0.493 e. The molecule has 1 aromatic carbocycles. The third kappa shape index (κ3) is 5.90. The van der Waals surface area contributed by atoms with Crippen LogP contribution in [0.2, 0.25) is 0 Å². The number of urea groups is 1. The van der Waals surface area contributed by atoms with Gasteiger partial charge in [-0.3, -0.25) is 4.79 Å². The molecule has 0 heterocycles. The highest BCUT2D eigenvalue weighted by Crippen LogP contribution is 2.33. The van der Waals surface area contributed by atoms with Crippen LogP contribution in [0.15, 0.2) is 24.8 Å². The van der Waals surface area contributed by atoms with Crippen LogP contribution in [-0.2, 0) is 17.8 Å². The van der Waals surface area contributed by atoms with Gasteiger partial charge < -0.3 is 25.2 Å². The van der Waals surface area contributed by atoms with Gasteiger partial charge in [0.15, 0.2) is 11.5 Å². The third-order valence-corrected chi connectivity index (χ3v) is 3.06. The van der Waals surface area contributed by atoms with Gasteiger partial charge in [0.2, 0.25) is 0 Å². The summed E-state index contributed by atoms with van der Waals surface area (Å²) in [5, 5.41) is 13.7. The molecule has 0 fully saturated rings. The molecule has 0 spiro atoms. The van der Waals surface area contributed by atoms with Crippen LogP contribution < -0.4 is 20.1 Å². The number of rotatable bonds is 9. The zero-order chi connectivity index (χ0) is 17.2. The van der Waals surface area contributed by atoms with E-state index in [0.29, 0.717) is 17.9 Å². The first-order valence-electron chi connectivity index (χ1n) is 7.10. The van der Waals surface area contributed by atoms with Gasteiger partial charge in [0.25, 0.3) is 0 Å². The summed E-state index contributed by atoms with van der Waals surface area (Å²) in [6, 6.07) is 3.26. The molecule has 0 unspecified atom stereocenters. The van der Waals surface area contributed by atoms with Gasteiger partial charge >= 0.3 is 12.0 Å². The molecule has 23 heavy (non-hydrogen) atoms. The lowest BCUT2D eigenvalue weighted by Gasteiger charge is -2.15. The monoisotopic (exact) mass is 322 g/mol. The minimum Gasteiger partial charge on any atom is -0.493 e. The van der Waals surface area contributed by atoms with E-state index in [1.165, 1.54) is 0 Å². The van der Waals surface area contributed by atoms with E-state index in [1.807, 2.05) is 6.07 Å². The van der Waals surface area contributed by atoms with Crippen LogP contribution in [0.3, 0.4) is 0 Å². The van der Waals surface area contributed by atoms with Gasteiger partial charge in [-0.2, -0.15) is 0 Å². The van der Waals surface area contributed by atoms with Crippen LogP contribution >= 0.6 is 0 Å². The van der Waals surface area contributed by atoms with Crippen molar-refractivity contribution in [2.24, 2.45) is 0 Å². The third-order valence-electron chi connectivity index (χ3n) is 3.06. The lowest BCUT2D eigenvalue weighted by atomic mass is 10.1. The minimum absolute atomic E-state index is 0.0782. The summed E-state index contributed by atoms with van der Waals surface area (Å²) in [6.45, 7) is 4.07. The Labute approximate surface area is 135 Å². The van der Waals surface area contributed by atoms with E-state index in [1.54, 1.807) is 26.4 Å². The van der Waals surface area contributed by atoms with Crippen LogP contribution in [0.4, 0.5) is 4.79 Å². The topological polar surface area (TPSA) is 96.9 Å². The molecule has 3 N–H and O–H groups in total. The number of amides is 2. The van der Waals surface area contributed by atoms with E-state index < -0.39 is 12.0 Å². The highest BCUT2D eigenvalue weighted by atomic mass is 16.5. The van der Waals surface area contributed by atoms with Gasteiger partial charge in [-0.15, -0.1) is 6.58 Å². The van der Waals surface area contributed by atoms with Crippen LogP contribution in [-0.4, -0.2) is 37.9 Å². The van der Waals surface area contributed by atoms with Crippen LogP contribution in [0.5, 0.6) is 11.5 Å². The van der Waals surface area contributed by atoms with Crippen molar-refractivity contribution in [3.63, 3.8) is 0 Å². The molecule has 126 valence electrons. The summed E-state index contributed by atoms with van der Waals surface area (Å²) in [6.07, 6.45) is 2.25. The van der Waals surface area contributed by atoms with Gasteiger partial charge in [-0.05, 0) is 24.1 Å². The normalized spacial score (nSPS) is 9.83. The van der Waals surface area contributed by atoms with Crippen molar-refractivity contribution in [1.82, 2.24) is 10.6 Å². The Morgan fingerprint density at radius 3 is 2.57 bits per heavy atom. The first kappa shape index (κ1) is 18.3. The molecule has 0 aliphatic rings. The summed E-state index contributed by atoms with van der Waals surface area (Å²) in [4.78, 5) is 22.0. The van der Waals surface area contributed by atoms with Crippen molar-refractivity contribution in [1.29, 1.82) is 0 Å². The van der Waals surface area contributed by atoms with Crippen molar-refractivity contribution in [3.8, 4) is 11.5 Å². The van der Waals surface area contributed by atoms with Crippen LogP contribution in [0.25, 0.3) is 0 Å². The fourth-order valence-electron chi connectivity index (χ4n) is 2.04. The van der Waals surface area contributed by atoms with Crippen molar-refractivity contribution in [2.45, 2.75) is 19.4 Å². The SMILES string of the molecule is C=CCc1cc(CNC(=O)NCCC(=O)O)cc(OC)c1OC. The highest BCUT2D eigenvalue weighted by molar-refractivity contribution is 5.75. The van der Waals surface area contributed by atoms with Crippen LogP contribution in [0, 0.1) is 0 Å².